The molecule has 0 saturated carbocycles. The van der Waals surface area contributed by atoms with Gasteiger partial charge in [-0.25, -0.2) is 9.97 Å². The molecule has 0 amide bonds. The Hall–Kier alpha value is -3.40. The smallest absolute Gasteiger partial charge is 0.115 e. The fraction of sp³-hybridized carbons (Fsp3) is 0.167. The minimum absolute atomic E-state index is 1.07. The van der Waals surface area contributed by atoms with Gasteiger partial charge in [-0.05, 0) is 57.0 Å². The van der Waals surface area contributed by atoms with Gasteiger partial charge < -0.3 is 0 Å². The molecule has 144 valence electrons. The molecule has 3 heterocycles. The lowest BCUT2D eigenvalue weighted by Gasteiger charge is -1.82. The van der Waals surface area contributed by atoms with E-state index in [1.54, 1.807) is 24.8 Å². The van der Waals surface area contributed by atoms with Crippen molar-refractivity contribution in [1.82, 2.24) is 19.9 Å². The summed E-state index contributed by atoms with van der Waals surface area (Å²) in [6.45, 7) is 8.03. The highest BCUT2D eigenvalue weighted by molar-refractivity contribution is 5.11. The Morgan fingerprint density at radius 1 is 0.500 bits per heavy atom. The second-order valence-electron chi connectivity index (χ2n) is 6.07. The van der Waals surface area contributed by atoms with Gasteiger partial charge in [0.25, 0.3) is 0 Å². The topological polar surface area (TPSA) is 51.6 Å². The van der Waals surface area contributed by atoms with Crippen LogP contribution in [0.2, 0.25) is 0 Å². The molecule has 0 saturated heterocycles. The maximum absolute atomic E-state index is 3.98. The van der Waals surface area contributed by atoms with Gasteiger partial charge in [0.2, 0.25) is 0 Å². The van der Waals surface area contributed by atoms with Crippen molar-refractivity contribution in [3.63, 3.8) is 0 Å². The fourth-order valence-corrected chi connectivity index (χ4v) is 1.80. The van der Waals surface area contributed by atoms with Crippen molar-refractivity contribution in [3.05, 3.63) is 120 Å². The molecule has 0 atom stereocenters. The third kappa shape index (κ3) is 12.9. The largest absolute Gasteiger partial charge is 0.264 e. The summed E-state index contributed by atoms with van der Waals surface area (Å²) in [5, 5.41) is 0. The van der Waals surface area contributed by atoms with Gasteiger partial charge >= 0.3 is 0 Å². The standard InChI is InChI=1S/C7H8.2C6H7N.C5H6N2/c1-7-5-3-2-4-6-7;1-6-3-2-4-7-5-6;1-6-4-2-3-5-7-6;1-5-2-6-4-7-3-5/h2-6H,1H3;2*2-5H,1H3;2-4H,1H3. The summed E-state index contributed by atoms with van der Waals surface area (Å²) >= 11 is 0. The summed E-state index contributed by atoms with van der Waals surface area (Å²) in [6.07, 6.45) is 10.5. The normalized spacial score (nSPS) is 8.71. The first kappa shape index (κ1) is 22.6. The van der Waals surface area contributed by atoms with Crippen LogP contribution in [0.3, 0.4) is 0 Å². The first-order valence-corrected chi connectivity index (χ1v) is 9.05. The Morgan fingerprint density at radius 3 is 1.39 bits per heavy atom. The first-order valence-electron chi connectivity index (χ1n) is 9.05. The van der Waals surface area contributed by atoms with Gasteiger partial charge in [0, 0.05) is 36.7 Å². The molecule has 0 radical (unpaired) electrons. The van der Waals surface area contributed by atoms with Crippen LogP contribution in [-0.2, 0) is 0 Å². The summed E-state index contributed by atoms with van der Waals surface area (Å²) in [4.78, 5) is 15.4. The quantitative estimate of drug-likeness (QED) is 0.405. The summed E-state index contributed by atoms with van der Waals surface area (Å²) in [5.41, 5.74) is 4.70. The number of nitrogens with zero attached hydrogens (tertiary/aromatic N) is 4. The van der Waals surface area contributed by atoms with E-state index in [1.807, 2.05) is 75.5 Å². The maximum Gasteiger partial charge on any atom is 0.115 e. The van der Waals surface area contributed by atoms with Crippen molar-refractivity contribution >= 4 is 0 Å². The van der Waals surface area contributed by atoms with E-state index in [0.29, 0.717) is 0 Å². The van der Waals surface area contributed by atoms with Gasteiger partial charge in [0.15, 0.2) is 0 Å². The van der Waals surface area contributed by atoms with Crippen LogP contribution < -0.4 is 0 Å². The zero-order valence-corrected chi connectivity index (χ0v) is 17.0. The van der Waals surface area contributed by atoms with Crippen molar-refractivity contribution in [2.75, 3.05) is 0 Å². The molecule has 0 bridgehead atoms. The van der Waals surface area contributed by atoms with Crippen LogP contribution in [0.4, 0.5) is 0 Å². The van der Waals surface area contributed by atoms with Crippen molar-refractivity contribution in [2.24, 2.45) is 0 Å². The number of benzene rings is 1. The van der Waals surface area contributed by atoms with E-state index in [4.69, 9.17) is 0 Å². The molecule has 1 aromatic carbocycles. The van der Waals surface area contributed by atoms with Crippen molar-refractivity contribution in [3.8, 4) is 0 Å². The highest BCUT2D eigenvalue weighted by Gasteiger charge is 1.75. The third-order valence-electron chi connectivity index (χ3n) is 3.25. The van der Waals surface area contributed by atoms with Gasteiger partial charge in [-0.2, -0.15) is 0 Å². The molecule has 4 nitrogen and oxygen atoms in total. The Labute approximate surface area is 168 Å². The number of hydrogen-bond acceptors (Lipinski definition) is 4. The third-order valence-corrected chi connectivity index (χ3v) is 3.25. The van der Waals surface area contributed by atoms with Crippen LogP contribution in [-0.4, -0.2) is 19.9 Å². The van der Waals surface area contributed by atoms with Crippen LogP contribution in [0, 0.1) is 27.7 Å². The molecule has 0 aliphatic rings. The number of pyridine rings is 2. The Morgan fingerprint density at radius 2 is 1.11 bits per heavy atom. The lowest BCUT2D eigenvalue weighted by atomic mass is 10.2. The minimum atomic E-state index is 1.07. The van der Waals surface area contributed by atoms with E-state index >= 15 is 0 Å². The molecule has 4 rings (SSSR count). The second-order valence-corrected chi connectivity index (χ2v) is 6.07. The number of hydrogen-bond donors (Lipinski definition) is 0. The van der Waals surface area contributed by atoms with Gasteiger partial charge in [0.1, 0.15) is 6.33 Å². The molecule has 0 unspecified atom stereocenters. The van der Waals surface area contributed by atoms with Crippen molar-refractivity contribution in [2.45, 2.75) is 27.7 Å². The van der Waals surface area contributed by atoms with E-state index in [-0.39, 0.29) is 0 Å². The van der Waals surface area contributed by atoms with Crippen LogP contribution in [0.1, 0.15) is 22.4 Å². The van der Waals surface area contributed by atoms with Gasteiger partial charge in [0.05, 0.1) is 0 Å². The van der Waals surface area contributed by atoms with Crippen molar-refractivity contribution < 1.29 is 0 Å². The average Bonchev–Trinajstić information content (AvgIpc) is 2.72. The van der Waals surface area contributed by atoms with Crippen molar-refractivity contribution in [1.29, 1.82) is 0 Å². The Balaban J connectivity index is 0.000000187. The summed E-state index contributed by atoms with van der Waals surface area (Å²) in [7, 11) is 0. The summed E-state index contributed by atoms with van der Waals surface area (Å²) in [6, 6.07) is 20.1. The van der Waals surface area contributed by atoms with Crippen LogP contribution in [0.25, 0.3) is 0 Å². The van der Waals surface area contributed by atoms with E-state index in [2.05, 4.69) is 39.0 Å². The highest BCUT2D eigenvalue weighted by atomic mass is 14.8. The van der Waals surface area contributed by atoms with Gasteiger partial charge in [-0.3, -0.25) is 9.97 Å². The minimum Gasteiger partial charge on any atom is -0.264 e. The SMILES string of the molecule is Cc1ccccc1.Cc1ccccn1.Cc1cccnc1.Cc1cncnc1. The number of aromatic nitrogens is 4. The van der Waals surface area contributed by atoms with Crippen LogP contribution in [0.15, 0.2) is 98.0 Å². The lowest BCUT2D eigenvalue weighted by molar-refractivity contribution is 1.13. The van der Waals surface area contributed by atoms with Gasteiger partial charge in [-0.1, -0.05) is 48.0 Å². The molecule has 28 heavy (non-hydrogen) atoms. The number of rotatable bonds is 0. The predicted molar refractivity (Wildman–Crippen MR) is 116 cm³/mol. The molecule has 0 N–H and O–H groups in total. The molecule has 0 aliphatic carbocycles. The van der Waals surface area contributed by atoms with Crippen LogP contribution >= 0.6 is 0 Å². The Kier molecular flexibility index (Phi) is 11.9. The summed E-state index contributed by atoms with van der Waals surface area (Å²) in [5.74, 6) is 0. The van der Waals surface area contributed by atoms with E-state index in [0.717, 1.165) is 11.3 Å². The molecule has 0 aliphatic heterocycles. The molecule has 3 aromatic heterocycles. The second kappa shape index (κ2) is 14.7. The predicted octanol–water partition coefficient (Wildman–Crippen LogP) is 5.56. The molecule has 4 aromatic rings. The maximum atomic E-state index is 3.98. The molecular weight excluding hydrogens is 344 g/mol. The van der Waals surface area contributed by atoms with Crippen LogP contribution in [0.5, 0.6) is 0 Å². The Bertz CT molecular complexity index is 686. The van der Waals surface area contributed by atoms with E-state index in [1.165, 1.54) is 17.5 Å². The molecule has 0 fully saturated rings. The average molecular weight is 373 g/mol. The first-order chi connectivity index (χ1) is 13.6. The molecular formula is C24H28N4. The monoisotopic (exact) mass is 372 g/mol. The van der Waals surface area contributed by atoms with E-state index in [9.17, 15) is 0 Å². The zero-order chi connectivity index (χ0) is 20.5. The highest BCUT2D eigenvalue weighted by Crippen LogP contribution is 1.92. The zero-order valence-electron chi connectivity index (χ0n) is 17.0. The lowest BCUT2D eigenvalue weighted by Crippen LogP contribution is -1.75. The van der Waals surface area contributed by atoms with Gasteiger partial charge in [-0.15, -0.1) is 0 Å². The number of aryl methyl sites for hydroxylation is 4. The van der Waals surface area contributed by atoms with E-state index < -0.39 is 0 Å². The molecule has 0 spiro atoms. The molecule has 4 heteroatoms. The fourth-order valence-electron chi connectivity index (χ4n) is 1.80. The summed E-state index contributed by atoms with van der Waals surface area (Å²) < 4.78 is 0.